The molecular weight excluding hydrogens is 393 g/mol. The van der Waals surface area contributed by atoms with E-state index in [2.05, 4.69) is 32.9 Å². The number of hydrogen-bond donors (Lipinski definition) is 0. The molecule has 0 saturated carbocycles. The van der Waals surface area contributed by atoms with Gasteiger partial charge in [-0.15, -0.1) is 5.10 Å². The zero-order valence-corrected chi connectivity index (χ0v) is 14.3. The van der Waals surface area contributed by atoms with Gasteiger partial charge in [-0.3, -0.25) is 0 Å². The van der Waals surface area contributed by atoms with Crippen LogP contribution in [0.1, 0.15) is 0 Å². The van der Waals surface area contributed by atoms with Crippen molar-refractivity contribution in [3.05, 3.63) is 52.2 Å². The molecule has 0 bridgehead atoms. The molecule has 0 aliphatic heterocycles. The van der Waals surface area contributed by atoms with Gasteiger partial charge in [0.05, 0.1) is 20.4 Å². The fourth-order valence-corrected chi connectivity index (χ4v) is 2.89. The van der Waals surface area contributed by atoms with Crippen LogP contribution in [0, 0.1) is 3.57 Å². The summed E-state index contributed by atoms with van der Waals surface area (Å²) in [5.41, 5.74) is 2.65. The minimum absolute atomic E-state index is 0.629. The number of halogens is 1. The predicted octanol–water partition coefficient (Wildman–Crippen LogP) is 3.56. The summed E-state index contributed by atoms with van der Waals surface area (Å²) >= 11 is 2.29. The van der Waals surface area contributed by atoms with Crippen molar-refractivity contribution in [3.8, 4) is 28.4 Å². The smallest absolute Gasteiger partial charge is 0.186 e. The lowest BCUT2D eigenvalue weighted by molar-refractivity contribution is 0.353. The first-order chi connectivity index (χ1) is 10.7. The summed E-state index contributed by atoms with van der Waals surface area (Å²) in [5, 5.41) is 8.48. The Kier molecular flexibility index (Phi) is 4.28. The van der Waals surface area contributed by atoms with Crippen LogP contribution in [0.3, 0.4) is 0 Å². The first-order valence-corrected chi connectivity index (χ1v) is 7.71. The van der Waals surface area contributed by atoms with E-state index in [-0.39, 0.29) is 0 Å². The Morgan fingerprint density at radius 3 is 2.55 bits per heavy atom. The molecule has 112 valence electrons. The molecule has 0 spiro atoms. The minimum Gasteiger partial charge on any atom is -0.493 e. The molecule has 22 heavy (non-hydrogen) atoms. The lowest BCUT2D eigenvalue weighted by Gasteiger charge is -2.11. The molecule has 0 radical (unpaired) electrons. The molecule has 1 aromatic heterocycles. The molecule has 2 aromatic carbocycles. The molecule has 0 saturated heterocycles. The minimum atomic E-state index is 0.629. The van der Waals surface area contributed by atoms with E-state index in [4.69, 9.17) is 9.47 Å². The van der Waals surface area contributed by atoms with Crippen molar-refractivity contribution in [3.63, 3.8) is 0 Å². The second-order valence-corrected chi connectivity index (χ2v) is 5.70. The van der Waals surface area contributed by atoms with E-state index in [1.165, 1.54) is 0 Å². The van der Waals surface area contributed by atoms with Crippen molar-refractivity contribution in [2.75, 3.05) is 14.2 Å². The van der Waals surface area contributed by atoms with Gasteiger partial charge in [0, 0.05) is 9.13 Å². The molecule has 0 aliphatic rings. The van der Waals surface area contributed by atoms with Gasteiger partial charge in [-0.25, -0.2) is 4.68 Å². The maximum atomic E-state index is 5.45. The van der Waals surface area contributed by atoms with Gasteiger partial charge < -0.3 is 9.47 Å². The molecule has 0 unspecified atom stereocenters. The average Bonchev–Trinajstić information content (AvgIpc) is 3.04. The zero-order chi connectivity index (χ0) is 15.5. The Balaban J connectivity index is 2.07. The van der Waals surface area contributed by atoms with E-state index < -0.39 is 0 Å². The van der Waals surface area contributed by atoms with Gasteiger partial charge in [0.15, 0.2) is 11.5 Å². The van der Waals surface area contributed by atoms with Crippen LogP contribution in [-0.4, -0.2) is 29.2 Å². The van der Waals surface area contributed by atoms with Crippen LogP contribution in [-0.2, 0) is 0 Å². The molecule has 3 rings (SSSR count). The summed E-state index contributed by atoms with van der Waals surface area (Å²) in [4.78, 5) is 0. The molecule has 0 N–H and O–H groups in total. The highest BCUT2D eigenvalue weighted by Gasteiger charge is 2.14. The highest BCUT2D eigenvalue weighted by atomic mass is 127. The summed E-state index contributed by atoms with van der Waals surface area (Å²) in [6.45, 7) is 0. The van der Waals surface area contributed by atoms with Crippen molar-refractivity contribution < 1.29 is 9.47 Å². The van der Waals surface area contributed by atoms with Gasteiger partial charge in [0.25, 0.3) is 0 Å². The molecule has 5 nitrogen and oxygen atoms in total. The molecule has 0 atom stereocenters. The number of aromatic nitrogens is 3. The van der Waals surface area contributed by atoms with Crippen LogP contribution < -0.4 is 9.47 Å². The highest BCUT2D eigenvalue weighted by molar-refractivity contribution is 14.1. The summed E-state index contributed by atoms with van der Waals surface area (Å²) in [6.07, 6.45) is 1.88. The van der Waals surface area contributed by atoms with E-state index in [1.54, 1.807) is 18.9 Å². The molecule has 0 aliphatic carbocycles. The van der Waals surface area contributed by atoms with Gasteiger partial charge in [0.1, 0.15) is 11.4 Å². The lowest BCUT2D eigenvalue weighted by Crippen LogP contribution is -2.00. The molecule has 1 heterocycles. The van der Waals surface area contributed by atoms with Crippen molar-refractivity contribution >= 4 is 22.6 Å². The van der Waals surface area contributed by atoms with E-state index in [0.29, 0.717) is 11.5 Å². The number of ether oxygens (including phenoxy) is 2. The van der Waals surface area contributed by atoms with Gasteiger partial charge in [-0.2, -0.15) is 0 Å². The third-order valence-electron chi connectivity index (χ3n) is 3.27. The number of rotatable bonds is 4. The number of benzene rings is 2. The Labute approximate surface area is 142 Å². The summed E-state index contributed by atoms with van der Waals surface area (Å²) in [7, 11) is 3.22. The number of hydrogen-bond acceptors (Lipinski definition) is 4. The van der Waals surface area contributed by atoms with Crippen molar-refractivity contribution in [1.82, 2.24) is 15.0 Å². The monoisotopic (exact) mass is 407 g/mol. The van der Waals surface area contributed by atoms with Crippen molar-refractivity contribution in [1.29, 1.82) is 0 Å². The second-order valence-electron chi connectivity index (χ2n) is 4.54. The van der Waals surface area contributed by atoms with Crippen LogP contribution >= 0.6 is 22.6 Å². The van der Waals surface area contributed by atoms with Crippen molar-refractivity contribution in [2.24, 2.45) is 0 Å². The summed E-state index contributed by atoms with van der Waals surface area (Å²) < 4.78 is 13.6. The summed E-state index contributed by atoms with van der Waals surface area (Å²) in [5.74, 6) is 1.29. The fraction of sp³-hybridized carbons (Fsp3) is 0.125. The van der Waals surface area contributed by atoms with Crippen LogP contribution in [0.4, 0.5) is 0 Å². The normalized spacial score (nSPS) is 10.5. The first-order valence-electron chi connectivity index (χ1n) is 6.63. The average molecular weight is 407 g/mol. The third-order valence-corrected chi connectivity index (χ3v) is 4.21. The third kappa shape index (κ3) is 2.66. The Hall–Kier alpha value is -2.09. The second kappa shape index (κ2) is 6.35. The number of methoxy groups -OCH3 is 2. The molecule has 3 aromatic rings. The first kappa shape index (κ1) is 14.8. The Morgan fingerprint density at radius 1 is 1.00 bits per heavy atom. The molecule has 6 heteroatoms. The van der Waals surface area contributed by atoms with Gasteiger partial charge in [-0.05, 0) is 40.8 Å². The van der Waals surface area contributed by atoms with Gasteiger partial charge in [-0.1, -0.05) is 29.5 Å². The van der Waals surface area contributed by atoms with Gasteiger partial charge >= 0.3 is 0 Å². The van der Waals surface area contributed by atoms with Crippen LogP contribution in [0.25, 0.3) is 16.9 Å². The summed E-state index contributed by atoms with van der Waals surface area (Å²) in [6, 6.07) is 13.7. The van der Waals surface area contributed by atoms with Crippen LogP contribution in [0.2, 0.25) is 0 Å². The SMILES string of the molecule is COc1cccc(-n2cc(-c3ccccc3I)nn2)c1OC. The molecule has 0 amide bonds. The molecule has 0 fully saturated rings. The lowest BCUT2D eigenvalue weighted by atomic mass is 10.2. The maximum Gasteiger partial charge on any atom is 0.186 e. The topological polar surface area (TPSA) is 49.2 Å². The van der Waals surface area contributed by atoms with Crippen LogP contribution in [0.15, 0.2) is 48.7 Å². The van der Waals surface area contributed by atoms with Crippen molar-refractivity contribution in [2.45, 2.75) is 0 Å². The predicted molar refractivity (Wildman–Crippen MR) is 92.6 cm³/mol. The Morgan fingerprint density at radius 2 is 1.82 bits per heavy atom. The van der Waals surface area contributed by atoms with E-state index in [9.17, 15) is 0 Å². The van der Waals surface area contributed by atoms with E-state index in [0.717, 1.165) is 20.5 Å². The standard InChI is InChI=1S/C16H14IN3O2/c1-21-15-9-5-8-14(16(15)22-2)20-10-13(18-19-20)11-6-3-4-7-12(11)17/h3-10H,1-2H3. The largest absolute Gasteiger partial charge is 0.493 e. The highest BCUT2D eigenvalue weighted by Crippen LogP contribution is 2.33. The van der Waals surface area contributed by atoms with E-state index in [1.807, 2.05) is 48.7 Å². The zero-order valence-electron chi connectivity index (χ0n) is 12.2. The number of para-hydroxylation sites is 1. The quantitative estimate of drug-likeness (QED) is 0.621. The number of nitrogens with zero attached hydrogens (tertiary/aromatic N) is 3. The maximum absolute atomic E-state index is 5.45. The fourth-order valence-electron chi connectivity index (χ4n) is 2.22. The van der Waals surface area contributed by atoms with Crippen LogP contribution in [0.5, 0.6) is 11.5 Å². The van der Waals surface area contributed by atoms with Gasteiger partial charge in [0.2, 0.25) is 0 Å². The molecular formula is C16H14IN3O2. The van der Waals surface area contributed by atoms with E-state index >= 15 is 0 Å². The Bertz CT molecular complexity index is 802.